The van der Waals surface area contributed by atoms with Gasteiger partial charge in [0.15, 0.2) is 0 Å². The summed E-state index contributed by atoms with van der Waals surface area (Å²) in [5.41, 5.74) is 9.10. The molecule has 2 N–H and O–H groups in total. The number of aromatic nitrogens is 1. The molecule has 0 unspecified atom stereocenters. The number of anilines is 1. The van der Waals surface area contributed by atoms with Gasteiger partial charge in [0, 0.05) is 36.2 Å². The molecule has 1 heterocycles. The lowest BCUT2D eigenvalue weighted by Crippen LogP contribution is -2.31. The number of rotatable bonds is 5. The van der Waals surface area contributed by atoms with E-state index in [2.05, 4.69) is 11.9 Å². The third kappa shape index (κ3) is 4.05. The molecule has 4 nitrogen and oxygen atoms in total. The number of carbonyl (C=O) groups is 1. The minimum atomic E-state index is 0.0322. The lowest BCUT2D eigenvalue weighted by atomic mass is 10.1. The van der Waals surface area contributed by atoms with Gasteiger partial charge < -0.3 is 10.6 Å². The fourth-order valence-electron chi connectivity index (χ4n) is 2.30. The number of hydrogen-bond donors (Lipinski definition) is 1. The zero-order valence-electron chi connectivity index (χ0n) is 12.5. The number of nitrogens with zero attached hydrogens (tertiary/aromatic N) is 2. The van der Waals surface area contributed by atoms with Crippen molar-refractivity contribution < 1.29 is 4.79 Å². The Hall–Kier alpha value is -2.36. The minimum Gasteiger partial charge on any atom is -0.399 e. The first-order chi connectivity index (χ1) is 10.1. The van der Waals surface area contributed by atoms with Gasteiger partial charge in [0.2, 0.25) is 0 Å². The molecule has 1 amide bonds. The summed E-state index contributed by atoms with van der Waals surface area (Å²) in [6.45, 7) is 5.24. The Morgan fingerprint density at radius 2 is 2.10 bits per heavy atom. The molecule has 0 bridgehead atoms. The van der Waals surface area contributed by atoms with Crippen LogP contribution in [0.3, 0.4) is 0 Å². The molecule has 0 fully saturated rings. The van der Waals surface area contributed by atoms with Gasteiger partial charge in [0.1, 0.15) is 0 Å². The molecule has 0 atom stereocenters. The number of nitrogens with two attached hydrogens (primary N) is 1. The molecular formula is C17H21N3O. The van der Waals surface area contributed by atoms with Crippen molar-refractivity contribution in [2.45, 2.75) is 26.8 Å². The lowest BCUT2D eigenvalue weighted by molar-refractivity contribution is 0.0743. The van der Waals surface area contributed by atoms with Crippen LogP contribution in [-0.2, 0) is 6.54 Å². The molecule has 0 saturated carbocycles. The average Bonchev–Trinajstić information content (AvgIpc) is 2.46. The summed E-state index contributed by atoms with van der Waals surface area (Å²) >= 11 is 0. The van der Waals surface area contributed by atoms with Crippen molar-refractivity contribution in [1.82, 2.24) is 9.88 Å². The molecule has 21 heavy (non-hydrogen) atoms. The zero-order valence-corrected chi connectivity index (χ0v) is 12.5. The summed E-state index contributed by atoms with van der Waals surface area (Å²) < 4.78 is 0. The van der Waals surface area contributed by atoms with Crippen molar-refractivity contribution >= 4 is 11.6 Å². The van der Waals surface area contributed by atoms with Crippen molar-refractivity contribution in [3.8, 4) is 0 Å². The predicted molar refractivity (Wildman–Crippen MR) is 84.9 cm³/mol. The Morgan fingerprint density at radius 1 is 1.29 bits per heavy atom. The molecule has 110 valence electrons. The van der Waals surface area contributed by atoms with E-state index in [1.165, 1.54) is 0 Å². The van der Waals surface area contributed by atoms with E-state index in [-0.39, 0.29) is 5.91 Å². The van der Waals surface area contributed by atoms with Crippen LogP contribution in [-0.4, -0.2) is 22.3 Å². The number of aryl methyl sites for hydroxylation is 1. The van der Waals surface area contributed by atoms with E-state index < -0.39 is 0 Å². The Morgan fingerprint density at radius 3 is 2.76 bits per heavy atom. The molecule has 2 aromatic rings. The smallest absolute Gasteiger partial charge is 0.254 e. The van der Waals surface area contributed by atoms with Crippen LogP contribution in [0.2, 0.25) is 0 Å². The highest BCUT2D eigenvalue weighted by Crippen LogP contribution is 2.13. The summed E-state index contributed by atoms with van der Waals surface area (Å²) in [5.74, 6) is 0.0322. The molecule has 0 saturated heterocycles. The van der Waals surface area contributed by atoms with E-state index in [1.54, 1.807) is 12.3 Å². The van der Waals surface area contributed by atoms with E-state index in [4.69, 9.17) is 5.73 Å². The van der Waals surface area contributed by atoms with Crippen LogP contribution in [0.25, 0.3) is 0 Å². The van der Waals surface area contributed by atoms with Gasteiger partial charge in [-0.3, -0.25) is 9.78 Å². The summed E-state index contributed by atoms with van der Waals surface area (Å²) in [6.07, 6.45) is 2.59. The number of benzene rings is 1. The maximum absolute atomic E-state index is 12.6. The number of carbonyl (C=O) groups excluding carboxylic acids is 1. The highest BCUT2D eigenvalue weighted by Gasteiger charge is 2.15. The maximum Gasteiger partial charge on any atom is 0.254 e. The first kappa shape index (κ1) is 15.0. The summed E-state index contributed by atoms with van der Waals surface area (Å²) in [4.78, 5) is 18.6. The van der Waals surface area contributed by atoms with Gasteiger partial charge in [-0.05, 0) is 43.2 Å². The molecule has 0 aliphatic carbocycles. The second-order valence-electron chi connectivity index (χ2n) is 5.16. The average molecular weight is 283 g/mol. The molecular weight excluding hydrogens is 262 g/mol. The van der Waals surface area contributed by atoms with Crippen LogP contribution >= 0.6 is 0 Å². The minimum absolute atomic E-state index is 0.0322. The number of nitrogen functional groups attached to an aromatic ring is 1. The Balaban J connectivity index is 2.20. The lowest BCUT2D eigenvalue weighted by Gasteiger charge is -2.22. The molecule has 1 aromatic heterocycles. The molecule has 2 rings (SSSR count). The largest absolute Gasteiger partial charge is 0.399 e. The van der Waals surface area contributed by atoms with Crippen molar-refractivity contribution in [3.63, 3.8) is 0 Å². The summed E-state index contributed by atoms with van der Waals surface area (Å²) in [7, 11) is 0. The monoisotopic (exact) mass is 283 g/mol. The van der Waals surface area contributed by atoms with Crippen LogP contribution in [0.4, 0.5) is 5.69 Å². The highest BCUT2D eigenvalue weighted by atomic mass is 16.2. The molecule has 0 radical (unpaired) electrons. The van der Waals surface area contributed by atoms with Crippen molar-refractivity contribution in [3.05, 3.63) is 59.4 Å². The summed E-state index contributed by atoms with van der Waals surface area (Å²) in [5, 5.41) is 0. The third-order valence-corrected chi connectivity index (χ3v) is 3.25. The van der Waals surface area contributed by atoms with E-state index in [1.807, 2.05) is 42.2 Å². The number of hydrogen-bond acceptors (Lipinski definition) is 3. The van der Waals surface area contributed by atoms with Gasteiger partial charge in [-0.2, -0.15) is 0 Å². The Labute approximate surface area is 125 Å². The Kier molecular flexibility index (Phi) is 4.93. The molecule has 4 heteroatoms. The third-order valence-electron chi connectivity index (χ3n) is 3.25. The fraction of sp³-hybridized carbons (Fsp3) is 0.294. The second-order valence-corrected chi connectivity index (χ2v) is 5.16. The quantitative estimate of drug-likeness (QED) is 0.858. The van der Waals surface area contributed by atoms with Crippen LogP contribution in [0.5, 0.6) is 0 Å². The molecule has 1 aromatic carbocycles. The van der Waals surface area contributed by atoms with Crippen LogP contribution in [0.15, 0.2) is 42.6 Å². The SMILES string of the molecule is CCCN(Cc1cccc(N)c1)C(=O)c1ccnc(C)c1. The van der Waals surface area contributed by atoms with E-state index in [0.29, 0.717) is 12.1 Å². The van der Waals surface area contributed by atoms with Gasteiger partial charge in [-0.15, -0.1) is 0 Å². The van der Waals surface area contributed by atoms with Crippen molar-refractivity contribution in [1.29, 1.82) is 0 Å². The van der Waals surface area contributed by atoms with Gasteiger partial charge in [-0.25, -0.2) is 0 Å². The van der Waals surface area contributed by atoms with Crippen molar-refractivity contribution in [2.24, 2.45) is 0 Å². The molecule has 0 aliphatic heterocycles. The van der Waals surface area contributed by atoms with E-state index >= 15 is 0 Å². The number of pyridine rings is 1. The normalized spacial score (nSPS) is 10.4. The topological polar surface area (TPSA) is 59.2 Å². The van der Waals surface area contributed by atoms with Gasteiger partial charge in [0.25, 0.3) is 5.91 Å². The standard InChI is InChI=1S/C17H21N3O/c1-3-9-20(12-14-5-4-6-16(18)11-14)17(21)15-7-8-19-13(2)10-15/h4-8,10-11H,3,9,12,18H2,1-2H3. The first-order valence-corrected chi connectivity index (χ1v) is 7.16. The van der Waals surface area contributed by atoms with Crippen LogP contribution in [0, 0.1) is 6.92 Å². The second kappa shape index (κ2) is 6.88. The van der Waals surface area contributed by atoms with Gasteiger partial charge in [-0.1, -0.05) is 19.1 Å². The molecule has 0 aliphatic rings. The maximum atomic E-state index is 12.6. The van der Waals surface area contributed by atoms with Gasteiger partial charge >= 0.3 is 0 Å². The van der Waals surface area contributed by atoms with Gasteiger partial charge in [0.05, 0.1) is 0 Å². The Bertz CT molecular complexity index is 625. The zero-order chi connectivity index (χ0) is 15.2. The number of amides is 1. The fourth-order valence-corrected chi connectivity index (χ4v) is 2.30. The first-order valence-electron chi connectivity index (χ1n) is 7.16. The van der Waals surface area contributed by atoms with E-state index in [0.717, 1.165) is 29.9 Å². The van der Waals surface area contributed by atoms with E-state index in [9.17, 15) is 4.79 Å². The predicted octanol–water partition coefficient (Wildman–Crippen LogP) is 3.02. The highest BCUT2D eigenvalue weighted by molar-refractivity contribution is 5.94. The van der Waals surface area contributed by atoms with Crippen LogP contribution < -0.4 is 5.73 Å². The molecule has 0 spiro atoms. The van der Waals surface area contributed by atoms with Crippen LogP contribution in [0.1, 0.15) is 35.0 Å². The van der Waals surface area contributed by atoms with Crippen molar-refractivity contribution in [2.75, 3.05) is 12.3 Å². The summed E-state index contributed by atoms with van der Waals surface area (Å²) in [6, 6.07) is 11.2.